The summed E-state index contributed by atoms with van der Waals surface area (Å²) >= 11 is 0. The number of hydrogen-bond acceptors (Lipinski definition) is 5. The van der Waals surface area contributed by atoms with Crippen molar-refractivity contribution in [3.8, 4) is 0 Å². The minimum atomic E-state index is -0.383. The Morgan fingerprint density at radius 2 is 1.86 bits per heavy atom. The zero-order chi connectivity index (χ0) is 19.3. The lowest BCUT2D eigenvalue weighted by Gasteiger charge is -2.16. The molecule has 2 heterocycles. The van der Waals surface area contributed by atoms with Crippen molar-refractivity contribution < 1.29 is 13.9 Å². The summed E-state index contributed by atoms with van der Waals surface area (Å²) in [4.78, 5) is 20.5. The van der Waals surface area contributed by atoms with E-state index in [9.17, 15) is 9.18 Å². The Balaban J connectivity index is 1.29. The average Bonchev–Trinajstić information content (AvgIpc) is 3.08. The van der Waals surface area contributed by atoms with Crippen LogP contribution in [0.3, 0.4) is 0 Å². The van der Waals surface area contributed by atoms with Crippen molar-refractivity contribution >= 4 is 11.7 Å². The van der Waals surface area contributed by atoms with E-state index in [2.05, 4.69) is 15.1 Å². The molecule has 1 aliphatic carbocycles. The molecule has 0 amide bonds. The Labute approximate surface area is 162 Å². The lowest BCUT2D eigenvalue weighted by molar-refractivity contribution is 0.0427. The Morgan fingerprint density at radius 1 is 1.07 bits per heavy atom. The van der Waals surface area contributed by atoms with Crippen LogP contribution in [0.5, 0.6) is 0 Å². The lowest BCUT2D eigenvalue weighted by Crippen LogP contribution is -2.14. The average molecular weight is 382 g/mol. The van der Waals surface area contributed by atoms with E-state index in [4.69, 9.17) is 4.74 Å². The number of esters is 1. The van der Waals surface area contributed by atoms with Gasteiger partial charge in [-0.15, -0.1) is 0 Å². The highest BCUT2D eigenvalue weighted by Crippen LogP contribution is 2.30. The SMILES string of the molecule is O=C(OC[C@H]1CCCC(Cc2ccnc3ncnn23)CC1)c1ccc(F)cc1. The van der Waals surface area contributed by atoms with E-state index in [0.29, 0.717) is 29.8 Å². The lowest BCUT2D eigenvalue weighted by atomic mass is 9.94. The molecule has 6 nitrogen and oxygen atoms in total. The molecule has 0 aliphatic heterocycles. The molecule has 0 radical (unpaired) electrons. The highest BCUT2D eigenvalue weighted by Gasteiger charge is 2.21. The van der Waals surface area contributed by atoms with Crippen molar-refractivity contribution in [1.29, 1.82) is 0 Å². The fourth-order valence-electron chi connectivity index (χ4n) is 3.93. The highest BCUT2D eigenvalue weighted by atomic mass is 19.1. The molecule has 3 aromatic rings. The molecule has 1 saturated carbocycles. The Morgan fingerprint density at radius 3 is 2.71 bits per heavy atom. The van der Waals surface area contributed by atoms with Gasteiger partial charge < -0.3 is 4.74 Å². The summed E-state index contributed by atoms with van der Waals surface area (Å²) in [5.41, 5.74) is 1.52. The summed E-state index contributed by atoms with van der Waals surface area (Å²) in [5.74, 6) is 0.845. The second-order valence-electron chi connectivity index (χ2n) is 7.46. The van der Waals surface area contributed by atoms with Crippen molar-refractivity contribution in [3.63, 3.8) is 0 Å². The van der Waals surface area contributed by atoms with Gasteiger partial charge in [-0.1, -0.05) is 12.8 Å². The molecule has 7 heteroatoms. The number of benzene rings is 1. The fourth-order valence-corrected chi connectivity index (χ4v) is 3.93. The van der Waals surface area contributed by atoms with Crippen LogP contribution in [0.4, 0.5) is 4.39 Å². The third kappa shape index (κ3) is 4.35. The van der Waals surface area contributed by atoms with Crippen LogP contribution >= 0.6 is 0 Å². The van der Waals surface area contributed by atoms with Crippen molar-refractivity contribution in [2.75, 3.05) is 6.61 Å². The second kappa shape index (κ2) is 8.46. The molecule has 0 N–H and O–H groups in total. The predicted octanol–water partition coefficient (Wildman–Crippen LogP) is 3.86. The third-order valence-electron chi connectivity index (χ3n) is 5.49. The van der Waals surface area contributed by atoms with Crippen LogP contribution in [-0.2, 0) is 11.2 Å². The number of aromatic nitrogens is 4. The standard InChI is InChI=1S/C21H23FN4O2/c22-18-8-6-17(7-9-18)20(27)28-13-16-3-1-2-15(4-5-16)12-19-10-11-23-21-24-14-25-26(19)21/h6-11,14-16H,1-5,12-13H2/t15?,16-/m0/s1. The summed E-state index contributed by atoms with van der Waals surface area (Å²) in [6.07, 6.45) is 9.73. The number of carbonyl (C=O) groups is 1. The first-order chi connectivity index (χ1) is 13.7. The Bertz CT molecular complexity index is 941. The molecule has 1 aromatic carbocycles. The van der Waals surface area contributed by atoms with Gasteiger partial charge in [0.1, 0.15) is 12.1 Å². The first-order valence-corrected chi connectivity index (χ1v) is 9.75. The first kappa shape index (κ1) is 18.5. The van der Waals surface area contributed by atoms with Crippen LogP contribution in [-0.4, -0.2) is 32.2 Å². The van der Waals surface area contributed by atoms with Crippen molar-refractivity contribution in [2.45, 2.75) is 38.5 Å². The number of nitrogens with zero attached hydrogens (tertiary/aromatic N) is 4. The van der Waals surface area contributed by atoms with Crippen LogP contribution in [0, 0.1) is 17.7 Å². The smallest absolute Gasteiger partial charge is 0.338 e. The van der Waals surface area contributed by atoms with Crippen LogP contribution in [0.25, 0.3) is 5.78 Å². The minimum absolute atomic E-state index is 0.358. The zero-order valence-corrected chi connectivity index (χ0v) is 15.6. The number of fused-ring (bicyclic) bond motifs is 1. The summed E-state index contributed by atoms with van der Waals surface area (Å²) < 4.78 is 20.3. The van der Waals surface area contributed by atoms with Crippen LogP contribution < -0.4 is 0 Å². The molecular formula is C21H23FN4O2. The van der Waals surface area contributed by atoms with E-state index in [1.807, 2.05) is 10.6 Å². The van der Waals surface area contributed by atoms with Crippen molar-refractivity contribution in [1.82, 2.24) is 19.6 Å². The number of ether oxygens (including phenoxy) is 1. The first-order valence-electron chi connectivity index (χ1n) is 9.75. The second-order valence-corrected chi connectivity index (χ2v) is 7.46. The van der Waals surface area contributed by atoms with E-state index in [-0.39, 0.29) is 11.8 Å². The van der Waals surface area contributed by atoms with Gasteiger partial charge >= 0.3 is 5.97 Å². The van der Waals surface area contributed by atoms with E-state index >= 15 is 0 Å². The van der Waals surface area contributed by atoms with E-state index in [1.165, 1.54) is 30.6 Å². The van der Waals surface area contributed by atoms with Gasteiger partial charge in [-0.2, -0.15) is 10.1 Å². The molecule has 1 fully saturated rings. The molecular weight excluding hydrogens is 359 g/mol. The van der Waals surface area contributed by atoms with Crippen molar-refractivity contribution in [3.05, 3.63) is 59.9 Å². The minimum Gasteiger partial charge on any atom is -0.462 e. The molecule has 1 unspecified atom stereocenters. The molecule has 2 aromatic heterocycles. The third-order valence-corrected chi connectivity index (χ3v) is 5.49. The van der Waals surface area contributed by atoms with Crippen molar-refractivity contribution in [2.24, 2.45) is 11.8 Å². The van der Waals surface area contributed by atoms with E-state index in [1.54, 1.807) is 6.20 Å². The number of hydrogen-bond donors (Lipinski definition) is 0. The quantitative estimate of drug-likeness (QED) is 0.495. The zero-order valence-electron chi connectivity index (χ0n) is 15.6. The highest BCUT2D eigenvalue weighted by molar-refractivity contribution is 5.89. The maximum absolute atomic E-state index is 13.0. The van der Waals surface area contributed by atoms with Crippen LogP contribution in [0.2, 0.25) is 0 Å². The molecule has 4 rings (SSSR count). The van der Waals surface area contributed by atoms with Gasteiger partial charge in [-0.25, -0.2) is 18.7 Å². The van der Waals surface area contributed by atoms with Gasteiger partial charge in [-0.3, -0.25) is 0 Å². The maximum Gasteiger partial charge on any atom is 0.338 e. The van der Waals surface area contributed by atoms with Gasteiger partial charge in [0, 0.05) is 11.9 Å². The molecule has 2 atom stereocenters. The molecule has 0 bridgehead atoms. The summed E-state index contributed by atoms with van der Waals surface area (Å²) in [5, 5.41) is 4.27. The van der Waals surface area contributed by atoms with Gasteiger partial charge in [0.15, 0.2) is 0 Å². The van der Waals surface area contributed by atoms with Gasteiger partial charge in [0.25, 0.3) is 5.78 Å². The predicted molar refractivity (Wildman–Crippen MR) is 101 cm³/mol. The topological polar surface area (TPSA) is 69.4 Å². The van der Waals surface area contributed by atoms with Crippen LogP contribution in [0.1, 0.15) is 48.2 Å². The number of rotatable bonds is 5. The van der Waals surface area contributed by atoms with Gasteiger partial charge in [0.05, 0.1) is 12.2 Å². The largest absolute Gasteiger partial charge is 0.462 e. The molecule has 0 spiro atoms. The summed E-state index contributed by atoms with van der Waals surface area (Å²) in [7, 11) is 0. The Kier molecular flexibility index (Phi) is 5.60. The fraction of sp³-hybridized carbons (Fsp3) is 0.429. The van der Waals surface area contributed by atoms with Crippen LogP contribution in [0.15, 0.2) is 42.9 Å². The van der Waals surface area contributed by atoms with Gasteiger partial charge in [0.2, 0.25) is 0 Å². The number of halogens is 1. The Hall–Kier alpha value is -2.83. The van der Waals surface area contributed by atoms with Gasteiger partial charge in [-0.05, 0) is 67.9 Å². The molecule has 28 heavy (non-hydrogen) atoms. The summed E-state index contributed by atoms with van der Waals surface area (Å²) in [6.45, 7) is 0.422. The van der Waals surface area contributed by atoms with E-state index in [0.717, 1.165) is 44.2 Å². The molecule has 1 aliphatic rings. The maximum atomic E-state index is 13.0. The normalized spacial score (nSPS) is 20.0. The number of carbonyl (C=O) groups excluding carboxylic acids is 1. The summed E-state index contributed by atoms with van der Waals surface area (Å²) in [6, 6.07) is 7.48. The molecule has 0 saturated heterocycles. The monoisotopic (exact) mass is 382 g/mol. The van der Waals surface area contributed by atoms with E-state index < -0.39 is 0 Å². The molecule has 146 valence electrons.